The highest BCUT2D eigenvalue weighted by atomic mass is 16.5. The molecule has 6 nitrogen and oxygen atoms in total. The van der Waals surface area contributed by atoms with Gasteiger partial charge in [-0.3, -0.25) is 14.4 Å². The largest absolute Gasteiger partial charge is 0.483 e. The predicted molar refractivity (Wildman–Crippen MR) is 122 cm³/mol. The second-order valence-electron chi connectivity index (χ2n) is 10.9. The zero-order valence-corrected chi connectivity index (χ0v) is 19.6. The van der Waals surface area contributed by atoms with Crippen LogP contribution in [0.4, 0.5) is 0 Å². The Kier molecular flexibility index (Phi) is 5.30. The van der Waals surface area contributed by atoms with E-state index in [-0.39, 0.29) is 29.0 Å². The number of nitrogens with two attached hydrogens (primary N) is 1. The molecule has 0 atom stereocenters. The summed E-state index contributed by atoms with van der Waals surface area (Å²) >= 11 is 0. The van der Waals surface area contributed by atoms with Crippen molar-refractivity contribution in [2.75, 3.05) is 13.7 Å². The minimum absolute atomic E-state index is 0.0713. The first-order valence-corrected chi connectivity index (χ1v) is 11.2. The van der Waals surface area contributed by atoms with Gasteiger partial charge in [-0.15, -0.1) is 0 Å². The number of carbonyl (C=O) groups excluding carboxylic acids is 3. The summed E-state index contributed by atoms with van der Waals surface area (Å²) in [6.45, 7) is 8.19. The van der Waals surface area contributed by atoms with Gasteiger partial charge in [-0.2, -0.15) is 0 Å². The molecule has 1 aromatic rings. The van der Waals surface area contributed by atoms with Crippen molar-refractivity contribution in [1.82, 2.24) is 4.90 Å². The molecule has 1 aromatic carbocycles. The summed E-state index contributed by atoms with van der Waals surface area (Å²) in [5.41, 5.74) is 9.10. The summed E-state index contributed by atoms with van der Waals surface area (Å²) in [5, 5.41) is 0. The molecular formula is C26H32N2O4. The molecular weight excluding hydrogens is 404 g/mol. The van der Waals surface area contributed by atoms with E-state index in [1.165, 1.54) is 0 Å². The van der Waals surface area contributed by atoms with Crippen LogP contribution >= 0.6 is 0 Å². The Bertz CT molecular complexity index is 1020. The van der Waals surface area contributed by atoms with E-state index in [4.69, 9.17) is 10.5 Å². The minimum atomic E-state index is -0.575. The molecule has 170 valence electrons. The van der Waals surface area contributed by atoms with Gasteiger partial charge in [-0.25, -0.2) is 0 Å². The van der Waals surface area contributed by atoms with Crippen molar-refractivity contribution in [3.05, 3.63) is 52.4 Å². The third-order valence-electron chi connectivity index (χ3n) is 6.78. The van der Waals surface area contributed by atoms with Gasteiger partial charge < -0.3 is 15.4 Å². The summed E-state index contributed by atoms with van der Waals surface area (Å²) in [7, 11) is 1.99. The molecule has 1 heterocycles. The third-order valence-corrected chi connectivity index (χ3v) is 6.78. The fourth-order valence-electron chi connectivity index (χ4n) is 5.47. The number of ketones is 2. The molecule has 0 saturated carbocycles. The van der Waals surface area contributed by atoms with Gasteiger partial charge in [0.05, 0.1) is 0 Å². The molecule has 0 bridgehead atoms. The van der Waals surface area contributed by atoms with Crippen LogP contribution in [0.1, 0.15) is 64.9 Å². The van der Waals surface area contributed by atoms with Crippen LogP contribution in [-0.2, 0) is 14.4 Å². The van der Waals surface area contributed by atoms with Crippen LogP contribution < -0.4 is 10.5 Å². The maximum atomic E-state index is 13.5. The van der Waals surface area contributed by atoms with Crippen molar-refractivity contribution in [1.29, 1.82) is 0 Å². The quantitative estimate of drug-likeness (QED) is 0.774. The Labute approximate surface area is 189 Å². The second kappa shape index (κ2) is 7.61. The average molecular weight is 437 g/mol. The van der Waals surface area contributed by atoms with Crippen molar-refractivity contribution < 1.29 is 19.1 Å². The number of hydrogen-bond donors (Lipinski definition) is 1. The van der Waals surface area contributed by atoms with E-state index < -0.39 is 11.8 Å². The molecule has 32 heavy (non-hydrogen) atoms. The number of ether oxygens (including phenoxy) is 1. The van der Waals surface area contributed by atoms with Crippen LogP contribution in [0.5, 0.6) is 5.75 Å². The Morgan fingerprint density at radius 1 is 0.969 bits per heavy atom. The van der Waals surface area contributed by atoms with Gasteiger partial charge >= 0.3 is 0 Å². The van der Waals surface area contributed by atoms with Crippen LogP contribution in [0.3, 0.4) is 0 Å². The molecule has 2 N–H and O–H groups in total. The number of hydrogen-bond acceptors (Lipinski definition) is 5. The molecule has 1 amide bonds. The van der Waals surface area contributed by atoms with Crippen molar-refractivity contribution in [3.8, 4) is 5.75 Å². The number of amides is 1. The monoisotopic (exact) mass is 436 g/mol. The van der Waals surface area contributed by atoms with Crippen LogP contribution in [0.15, 0.2) is 46.8 Å². The lowest BCUT2D eigenvalue weighted by atomic mass is 9.63. The molecule has 4 rings (SSSR count). The number of benzene rings is 1. The average Bonchev–Trinajstić information content (AvgIpc) is 2.67. The predicted octanol–water partition coefficient (Wildman–Crippen LogP) is 3.87. The topological polar surface area (TPSA) is 89.7 Å². The number of nitrogens with zero attached hydrogens (tertiary/aromatic N) is 1. The molecule has 0 unspecified atom stereocenters. The van der Waals surface area contributed by atoms with Crippen LogP contribution in [0.2, 0.25) is 0 Å². The van der Waals surface area contributed by atoms with Gasteiger partial charge in [0.1, 0.15) is 5.75 Å². The Morgan fingerprint density at radius 2 is 1.47 bits per heavy atom. The van der Waals surface area contributed by atoms with E-state index >= 15 is 0 Å². The van der Waals surface area contributed by atoms with Crippen LogP contribution in [-0.4, -0.2) is 36.0 Å². The maximum Gasteiger partial charge on any atom is 0.255 e. The Hall–Kier alpha value is -2.89. The van der Waals surface area contributed by atoms with Crippen LogP contribution in [0, 0.1) is 10.8 Å². The SMILES string of the molecule is CN1C2=C(C(=O)CC(C)(C)C2)C(c2ccccc2OCC(N)=O)C2=C1CC(C)(C)CC2=O. The van der Waals surface area contributed by atoms with Gasteiger partial charge in [0.2, 0.25) is 0 Å². The number of carbonyl (C=O) groups is 3. The number of para-hydroxylation sites is 1. The van der Waals surface area contributed by atoms with Crippen molar-refractivity contribution in [3.63, 3.8) is 0 Å². The van der Waals surface area contributed by atoms with Gasteiger partial charge in [0.15, 0.2) is 18.2 Å². The molecule has 2 aliphatic carbocycles. The van der Waals surface area contributed by atoms with E-state index in [0.29, 0.717) is 29.7 Å². The summed E-state index contributed by atoms with van der Waals surface area (Å²) < 4.78 is 5.73. The summed E-state index contributed by atoms with van der Waals surface area (Å²) in [4.78, 5) is 40.5. The third kappa shape index (κ3) is 3.87. The minimum Gasteiger partial charge on any atom is -0.483 e. The molecule has 0 fully saturated rings. The maximum absolute atomic E-state index is 13.5. The fraction of sp³-hybridized carbons (Fsp3) is 0.500. The standard InChI is InChI=1S/C26H32N2O4/c1-25(2)10-16-23(18(29)12-25)22(15-8-6-7-9-20(15)32-14-21(27)31)24-17(28(16)5)11-26(3,4)13-19(24)30/h6-9,22H,10-14H2,1-5H3,(H2,27,31). The molecule has 3 aliphatic rings. The number of primary amides is 1. The highest BCUT2D eigenvalue weighted by Gasteiger charge is 2.48. The molecule has 0 saturated heterocycles. The molecule has 0 radical (unpaired) electrons. The summed E-state index contributed by atoms with van der Waals surface area (Å²) in [6, 6.07) is 7.35. The highest BCUT2D eigenvalue weighted by molar-refractivity contribution is 6.07. The van der Waals surface area contributed by atoms with Gasteiger partial charge in [0, 0.05) is 53.9 Å². The fourth-order valence-corrected chi connectivity index (χ4v) is 5.47. The van der Waals surface area contributed by atoms with E-state index in [1.54, 1.807) is 6.07 Å². The van der Waals surface area contributed by atoms with Crippen LogP contribution in [0.25, 0.3) is 0 Å². The second-order valence-corrected chi connectivity index (χ2v) is 10.9. The Balaban J connectivity index is 1.95. The van der Waals surface area contributed by atoms with E-state index in [9.17, 15) is 14.4 Å². The van der Waals surface area contributed by atoms with E-state index in [0.717, 1.165) is 29.8 Å². The zero-order valence-electron chi connectivity index (χ0n) is 19.6. The lowest BCUT2D eigenvalue weighted by Crippen LogP contribution is -2.43. The molecule has 6 heteroatoms. The van der Waals surface area contributed by atoms with Gasteiger partial charge in [-0.1, -0.05) is 45.9 Å². The number of rotatable bonds is 4. The normalized spacial score (nSPS) is 22.6. The van der Waals surface area contributed by atoms with E-state index in [2.05, 4.69) is 32.6 Å². The molecule has 0 spiro atoms. The number of Topliss-reactive ketones (excluding diaryl/α,β-unsaturated/α-hetero) is 2. The smallest absolute Gasteiger partial charge is 0.255 e. The first-order valence-electron chi connectivity index (χ1n) is 11.2. The van der Waals surface area contributed by atoms with Crippen molar-refractivity contribution in [2.24, 2.45) is 16.6 Å². The molecule has 0 aromatic heterocycles. The van der Waals surface area contributed by atoms with E-state index in [1.807, 2.05) is 25.2 Å². The first-order chi connectivity index (χ1) is 14.9. The lowest BCUT2D eigenvalue weighted by Gasteiger charge is -2.48. The molecule has 1 aliphatic heterocycles. The highest BCUT2D eigenvalue weighted by Crippen LogP contribution is 2.54. The van der Waals surface area contributed by atoms with Gasteiger partial charge in [-0.05, 0) is 29.7 Å². The zero-order chi connectivity index (χ0) is 23.4. The van der Waals surface area contributed by atoms with Crippen molar-refractivity contribution >= 4 is 17.5 Å². The number of allylic oxidation sites excluding steroid dienone is 4. The first kappa shape index (κ1) is 22.3. The van der Waals surface area contributed by atoms with Gasteiger partial charge in [0.25, 0.3) is 5.91 Å². The summed E-state index contributed by atoms with van der Waals surface area (Å²) in [6.07, 6.45) is 2.39. The Morgan fingerprint density at radius 3 is 1.97 bits per heavy atom. The lowest BCUT2D eigenvalue weighted by molar-refractivity contribution is -0.121. The van der Waals surface area contributed by atoms with Crippen molar-refractivity contribution in [2.45, 2.75) is 59.3 Å². The summed E-state index contributed by atoms with van der Waals surface area (Å²) in [5.74, 6) is -0.444.